The van der Waals surface area contributed by atoms with Gasteiger partial charge in [-0.2, -0.15) is 0 Å². The number of benzene rings is 2. The van der Waals surface area contributed by atoms with Gasteiger partial charge in [0, 0.05) is 11.6 Å². The molecule has 7 nitrogen and oxygen atoms in total. The molecule has 0 bridgehead atoms. The molecule has 2 aromatic carbocycles. The van der Waals surface area contributed by atoms with Crippen molar-refractivity contribution in [2.75, 3.05) is 13.4 Å². The number of Topliss-reactive ketones (excluding diaryl/α,β-unsaturated/α-hetero) is 1. The van der Waals surface area contributed by atoms with Crippen LogP contribution in [0.25, 0.3) is 0 Å². The molecule has 2 heterocycles. The first-order valence-electron chi connectivity index (χ1n) is 7.80. The number of phenols is 3. The van der Waals surface area contributed by atoms with Gasteiger partial charge in [-0.05, 0) is 25.0 Å². The summed E-state index contributed by atoms with van der Waals surface area (Å²) in [6.07, 6.45) is 0.222. The first-order valence-corrected chi connectivity index (χ1v) is 7.80. The summed E-state index contributed by atoms with van der Waals surface area (Å²) in [4.78, 5) is 12.8. The molecule has 0 amide bonds. The van der Waals surface area contributed by atoms with Crippen LogP contribution in [0.4, 0.5) is 0 Å². The molecule has 7 heteroatoms. The van der Waals surface area contributed by atoms with Crippen LogP contribution in [0.5, 0.6) is 34.5 Å². The van der Waals surface area contributed by atoms with Crippen molar-refractivity contribution in [1.29, 1.82) is 0 Å². The Morgan fingerprint density at radius 3 is 2.68 bits per heavy atom. The van der Waals surface area contributed by atoms with Gasteiger partial charge in [0.1, 0.15) is 22.8 Å². The molecule has 0 aromatic heterocycles. The molecule has 3 N–H and O–H groups in total. The van der Waals surface area contributed by atoms with Crippen LogP contribution in [0.1, 0.15) is 21.5 Å². The molecular weight excluding hydrogens is 328 g/mol. The Bertz CT molecular complexity index is 888. The van der Waals surface area contributed by atoms with Gasteiger partial charge in [0.25, 0.3) is 0 Å². The van der Waals surface area contributed by atoms with E-state index in [0.29, 0.717) is 11.3 Å². The van der Waals surface area contributed by atoms with Crippen molar-refractivity contribution >= 4 is 5.78 Å². The van der Waals surface area contributed by atoms with Crippen molar-refractivity contribution in [2.45, 2.75) is 13.3 Å². The van der Waals surface area contributed by atoms with Crippen LogP contribution >= 0.6 is 0 Å². The number of carbonyl (C=O) groups excluding carboxylic acids is 1. The van der Waals surface area contributed by atoms with E-state index in [4.69, 9.17) is 14.2 Å². The summed E-state index contributed by atoms with van der Waals surface area (Å²) in [5.74, 6) is -0.438. The fourth-order valence-corrected chi connectivity index (χ4v) is 3.13. The summed E-state index contributed by atoms with van der Waals surface area (Å²) in [6.45, 7) is 1.65. The maximum Gasteiger partial charge on any atom is 0.231 e. The quantitative estimate of drug-likeness (QED) is 0.767. The number of ether oxygens (including phenoxy) is 3. The molecule has 2 aliphatic rings. The average Bonchev–Trinajstić information content (AvgIpc) is 3.07. The van der Waals surface area contributed by atoms with Crippen LogP contribution in [0.2, 0.25) is 0 Å². The highest BCUT2D eigenvalue weighted by atomic mass is 16.7. The van der Waals surface area contributed by atoms with Gasteiger partial charge in [0.2, 0.25) is 12.5 Å². The van der Waals surface area contributed by atoms with E-state index in [-0.39, 0.29) is 65.5 Å². The minimum Gasteiger partial charge on any atom is -0.507 e. The van der Waals surface area contributed by atoms with E-state index in [0.717, 1.165) is 0 Å². The zero-order chi connectivity index (χ0) is 17.7. The smallest absolute Gasteiger partial charge is 0.231 e. The summed E-state index contributed by atoms with van der Waals surface area (Å²) >= 11 is 0. The minimum atomic E-state index is -0.575. The zero-order valence-electron chi connectivity index (χ0n) is 13.4. The monoisotopic (exact) mass is 344 g/mol. The van der Waals surface area contributed by atoms with Crippen LogP contribution in [0.15, 0.2) is 18.2 Å². The first-order chi connectivity index (χ1) is 12.0. The largest absolute Gasteiger partial charge is 0.507 e. The van der Waals surface area contributed by atoms with Gasteiger partial charge in [-0.1, -0.05) is 6.07 Å². The molecule has 1 unspecified atom stereocenters. The van der Waals surface area contributed by atoms with Crippen molar-refractivity contribution < 1.29 is 34.3 Å². The number of hydrogen-bond acceptors (Lipinski definition) is 7. The fraction of sp³-hybridized carbons (Fsp3) is 0.278. The van der Waals surface area contributed by atoms with Crippen LogP contribution < -0.4 is 14.2 Å². The third-order valence-electron chi connectivity index (χ3n) is 4.61. The van der Waals surface area contributed by atoms with Gasteiger partial charge in [-0.15, -0.1) is 0 Å². The molecule has 130 valence electrons. The fourth-order valence-electron chi connectivity index (χ4n) is 3.13. The third-order valence-corrected chi connectivity index (χ3v) is 4.61. The zero-order valence-corrected chi connectivity index (χ0v) is 13.4. The van der Waals surface area contributed by atoms with E-state index < -0.39 is 5.92 Å². The normalized spacial score (nSPS) is 18.0. The molecule has 0 saturated carbocycles. The number of hydrogen-bond donors (Lipinski definition) is 3. The minimum absolute atomic E-state index is 0.0435. The summed E-state index contributed by atoms with van der Waals surface area (Å²) in [5.41, 5.74) is 0.818. The van der Waals surface area contributed by atoms with Crippen molar-refractivity contribution in [2.24, 2.45) is 5.92 Å². The lowest BCUT2D eigenvalue weighted by Crippen LogP contribution is -2.29. The number of rotatable bonds is 2. The van der Waals surface area contributed by atoms with E-state index in [1.54, 1.807) is 12.1 Å². The molecule has 25 heavy (non-hydrogen) atoms. The standard InChI is InChI=1S/C18H16O7/c1-8-11(19)5-13-14(15(8)20)16(21)10(6-23-13)4-9-2-3-12-18(17(9)22)25-7-24-12/h2-3,5,10,19-20,22H,4,6-7H2,1H3. The highest BCUT2D eigenvalue weighted by molar-refractivity contribution is 6.04. The Hall–Kier alpha value is -3.09. The summed E-state index contributed by atoms with van der Waals surface area (Å²) in [5, 5.41) is 30.3. The van der Waals surface area contributed by atoms with Gasteiger partial charge < -0.3 is 29.5 Å². The molecule has 0 aliphatic carbocycles. The van der Waals surface area contributed by atoms with Gasteiger partial charge in [-0.25, -0.2) is 0 Å². The second-order valence-electron chi connectivity index (χ2n) is 6.13. The summed E-state index contributed by atoms with van der Waals surface area (Å²) in [7, 11) is 0. The summed E-state index contributed by atoms with van der Waals surface area (Å²) < 4.78 is 16.0. The molecule has 0 fully saturated rings. The van der Waals surface area contributed by atoms with E-state index in [9.17, 15) is 20.1 Å². The molecule has 0 spiro atoms. The van der Waals surface area contributed by atoms with Gasteiger partial charge >= 0.3 is 0 Å². The molecule has 0 saturated heterocycles. The maximum atomic E-state index is 12.8. The lowest BCUT2D eigenvalue weighted by molar-refractivity contribution is 0.0825. The Kier molecular flexibility index (Phi) is 3.38. The Morgan fingerprint density at radius 2 is 1.88 bits per heavy atom. The first kappa shape index (κ1) is 15.4. The number of carbonyl (C=O) groups is 1. The lowest BCUT2D eigenvalue weighted by Gasteiger charge is -2.26. The van der Waals surface area contributed by atoms with Crippen molar-refractivity contribution in [3.05, 3.63) is 34.9 Å². The van der Waals surface area contributed by atoms with E-state index in [1.165, 1.54) is 13.0 Å². The van der Waals surface area contributed by atoms with Crippen molar-refractivity contribution in [1.82, 2.24) is 0 Å². The SMILES string of the molecule is Cc1c(O)cc2c(c1O)C(=O)C(Cc1ccc3c(c1O)OCO3)CO2. The predicted octanol–water partition coefficient (Wildman–Crippen LogP) is 2.27. The lowest BCUT2D eigenvalue weighted by atomic mass is 9.88. The number of aromatic hydroxyl groups is 3. The van der Waals surface area contributed by atoms with Crippen molar-refractivity contribution in [3.63, 3.8) is 0 Å². The van der Waals surface area contributed by atoms with Gasteiger partial charge in [0.05, 0.1) is 12.5 Å². The van der Waals surface area contributed by atoms with Crippen LogP contribution in [0, 0.1) is 12.8 Å². The molecule has 0 radical (unpaired) electrons. The second kappa shape index (κ2) is 5.47. The molecule has 4 rings (SSSR count). The van der Waals surface area contributed by atoms with Gasteiger partial charge in [-0.3, -0.25) is 4.79 Å². The van der Waals surface area contributed by atoms with E-state index >= 15 is 0 Å². The second-order valence-corrected chi connectivity index (χ2v) is 6.13. The molecule has 2 aliphatic heterocycles. The number of fused-ring (bicyclic) bond motifs is 2. The van der Waals surface area contributed by atoms with Crippen molar-refractivity contribution in [3.8, 4) is 34.5 Å². The molecular formula is C18H16O7. The average molecular weight is 344 g/mol. The van der Waals surface area contributed by atoms with E-state index in [1.807, 2.05) is 0 Å². The van der Waals surface area contributed by atoms with Crippen LogP contribution in [-0.2, 0) is 6.42 Å². The molecule has 1 atom stereocenters. The third kappa shape index (κ3) is 2.31. The summed E-state index contributed by atoms with van der Waals surface area (Å²) in [6, 6.07) is 4.68. The predicted molar refractivity (Wildman–Crippen MR) is 85.8 cm³/mol. The van der Waals surface area contributed by atoms with Crippen LogP contribution in [-0.4, -0.2) is 34.5 Å². The number of phenolic OH excluding ortho intramolecular Hbond substituents is 3. The Labute approximate surface area is 143 Å². The number of ketones is 1. The van der Waals surface area contributed by atoms with Crippen LogP contribution in [0.3, 0.4) is 0 Å². The Morgan fingerprint density at radius 1 is 1.08 bits per heavy atom. The molecule has 2 aromatic rings. The van der Waals surface area contributed by atoms with E-state index in [2.05, 4.69) is 0 Å². The van der Waals surface area contributed by atoms with Gasteiger partial charge in [0.15, 0.2) is 17.3 Å². The Balaban J connectivity index is 1.66. The topological polar surface area (TPSA) is 105 Å². The highest BCUT2D eigenvalue weighted by Gasteiger charge is 2.34. The maximum absolute atomic E-state index is 12.8. The highest BCUT2D eigenvalue weighted by Crippen LogP contribution is 2.45.